The third kappa shape index (κ3) is 2.93. The number of aryl methyl sites for hydroxylation is 1. The molecule has 22 heavy (non-hydrogen) atoms. The fourth-order valence-corrected chi connectivity index (χ4v) is 2.13. The summed E-state index contributed by atoms with van der Waals surface area (Å²) >= 11 is 5.63. The Morgan fingerprint density at radius 3 is 2.64 bits per heavy atom. The van der Waals surface area contributed by atoms with Crippen LogP contribution in [-0.2, 0) is 16.1 Å². The maximum Gasteiger partial charge on any atom is 0.320 e. The van der Waals surface area contributed by atoms with Crippen LogP contribution in [0, 0.1) is 5.41 Å². The van der Waals surface area contributed by atoms with Gasteiger partial charge in [0.15, 0.2) is 10.9 Å². The summed E-state index contributed by atoms with van der Waals surface area (Å²) < 4.78 is 1.41. The molecule has 9 nitrogen and oxygen atoms in total. The molecule has 2 heterocycles. The Morgan fingerprint density at radius 1 is 1.41 bits per heavy atom. The molecule has 10 heteroatoms. The number of H-pyrrole nitrogens is 1. The number of hydrogen-bond acceptors (Lipinski definition) is 5. The largest absolute Gasteiger partial charge is 0.480 e. The summed E-state index contributed by atoms with van der Waals surface area (Å²) in [6, 6.07) is 0. The Balaban J connectivity index is 2.12. The van der Waals surface area contributed by atoms with Crippen molar-refractivity contribution in [3.8, 4) is 0 Å². The normalized spacial score (nSPS) is 11.7. The van der Waals surface area contributed by atoms with Gasteiger partial charge >= 0.3 is 11.9 Å². The van der Waals surface area contributed by atoms with E-state index in [1.807, 2.05) is 0 Å². The summed E-state index contributed by atoms with van der Waals surface area (Å²) in [5.74, 6) is -2.79. The zero-order valence-electron chi connectivity index (χ0n) is 11.5. The van der Waals surface area contributed by atoms with Gasteiger partial charge in [0.1, 0.15) is 5.52 Å². The lowest BCUT2D eigenvalue weighted by Gasteiger charge is -2.19. The SMILES string of the molecule is CC(CCCn1cc2nc(Cl)[nH]c(=O)c2n1)(C(=O)O)C(=O)O. The molecule has 0 saturated carbocycles. The Hall–Kier alpha value is -2.42. The molecule has 0 unspecified atom stereocenters. The number of nitrogens with zero attached hydrogens (tertiary/aromatic N) is 3. The molecule has 0 aliphatic heterocycles. The van der Waals surface area contributed by atoms with E-state index in [-0.39, 0.29) is 30.2 Å². The average Bonchev–Trinajstić information content (AvgIpc) is 2.81. The Morgan fingerprint density at radius 2 is 2.05 bits per heavy atom. The molecule has 0 atom stereocenters. The van der Waals surface area contributed by atoms with E-state index in [9.17, 15) is 14.4 Å². The first-order valence-electron chi connectivity index (χ1n) is 6.34. The fourth-order valence-electron chi connectivity index (χ4n) is 1.96. The number of nitrogens with one attached hydrogen (secondary N) is 1. The van der Waals surface area contributed by atoms with E-state index < -0.39 is 22.9 Å². The number of carboxylic acids is 2. The first kappa shape index (κ1) is 16.0. The lowest BCUT2D eigenvalue weighted by Crippen LogP contribution is -2.36. The van der Waals surface area contributed by atoms with E-state index in [2.05, 4.69) is 15.1 Å². The third-order valence-electron chi connectivity index (χ3n) is 3.40. The highest BCUT2D eigenvalue weighted by Crippen LogP contribution is 2.24. The van der Waals surface area contributed by atoms with E-state index in [1.165, 1.54) is 10.9 Å². The van der Waals surface area contributed by atoms with Gasteiger partial charge in [-0.2, -0.15) is 5.10 Å². The number of fused-ring (bicyclic) bond motifs is 1. The van der Waals surface area contributed by atoms with Crippen LogP contribution in [0.3, 0.4) is 0 Å². The molecule has 0 bridgehead atoms. The smallest absolute Gasteiger partial charge is 0.320 e. The molecule has 0 aliphatic rings. The van der Waals surface area contributed by atoms with Crippen LogP contribution in [0.4, 0.5) is 0 Å². The molecule has 3 N–H and O–H groups in total. The molecular weight excluding hydrogens is 316 g/mol. The van der Waals surface area contributed by atoms with Crippen LogP contribution in [0.5, 0.6) is 0 Å². The van der Waals surface area contributed by atoms with Crippen LogP contribution in [0.25, 0.3) is 11.0 Å². The molecule has 2 aromatic heterocycles. The summed E-state index contributed by atoms with van der Waals surface area (Å²) in [5, 5.41) is 22.0. The maximum atomic E-state index is 11.6. The number of aliphatic carboxylic acids is 2. The monoisotopic (exact) mass is 328 g/mol. The van der Waals surface area contributed by atoms with Crippen molar-refractivity contribution in [1.29, 1.82) is 0 Å². The number of aromatic nitrogens is 4. The molecule has 0 radical (unpaired) electrons. The van der Waals surface area contributed by atoms with Gasteiger partial charge in [-0.05, 0) is 31.4 Å². The number of aromatic amines is 1. The quantitative estimate of drug-likeness (QED) is 0.524. The molecule has 0 aromatic carbocycles. The van der Waals surface area contributed by atoms with Crippen molar-refractivity contribution in [1.82, 2.24) is 19.7 Å². The third-order valence-corrected chi connectivity index (χ3v) is 3.58. The first-order valence-corrected chi connectivity index (χ1v) is 6.71. The van der Waals surface area contributed by atoms with Crippen molar-refractivity contribution in [2.24, 2.45) is 5.41 Å². The summed E-state index contributed by atoms with van der Waals surface area (Å²) in [6.45, 7) is 1.41. The number of halogens is 1. The van der Waals surface area contributed by atoms with Crippen LogP contribution in [-0.4, -0.2) is 41.9 Å². The summed E-state index contributed by atoms with van der Waals surface area (Å²) in [4.78, 5) is 39.9. The molecule has 0 saturated heterocycles. The van der Waals surface area contributed by atoms with Gasteiger partial charge in [-0.1, -0.05) is 0 Å². The maximum absolute atomic E-state index is 11.6. The highest BCUT2D eigenvalue weighted by atomic mass is 35.5. The van der Waals surface area contributed by atoms with E-state index in [0.717, 1.165) is 6.92 Å². The molecule has 2 aromatic rings. The second kappa shape index (κ2) is 5.76. The predicted molar refractivity (Wildman–Crippen MR) is 75.8 cm³/mol. The molecule has 2 rings (SSSR count). The van der Waals surface area contributed by atoms with Crippen molar-refractivity contribution >= 4 is 34.6 Å². The summed E-state index contributed by atoms with van der Waals surface area (Å²) in [5.41, 5.74) is -1.91. The van der Waals surface area contributed by atoms with Gasteiger partial charge in [-0.15, -0.1) is 0 Å². The Labute approximate surface area is 128 Å². The highest BCUT2D eigenvalue weighted by molar-refractivity contribution is 6.28. The minimum atomic E-state index is -1.86. The second-order valence-corrected chi connectivity index (χ2v) is 5.39. The molecule has 0 amide bonds. The number of rotatable bonds is 6. The topological polar surface area (TPSA) is 138 Å². The van der Waals surface area contributed by atoms with E-state index in [1.54, 1.807) is 0 Å². The van der Waals surface area contributed by atoms with Crippen LogP contribution in [0.15, 0.2) is 11.0 Å². The van der Waals surface area contributed by atoms with Crippen molar-refractivity contribution in [2.45, 2.75) is 26.3 Å². The van der Waals surface area contributed by atoms with Crippen molar-refractivity contribution in [3.05, 3.63) is 21.8 Å². The predicted octanol–water partition coefficient (Wildman–Crippen LogP) is 0.729. The van der Waals surface area contributed by atoms with Crippen LogP contribution in [0.2, 0.25) is 5.28 Å². The Bertz CT molecular complexity index is 782. The van der Waals surface area contributed by atoms with Crippen LogP contribution >= 0.6 is 11.6 Å². The molecule has 0 fully saturated rings. The van der Waals surface area contributed by atoms with E-state index >= 15 is 0 Å². The molecule has 118 valence electrons. The van der Waals surface area contributed by atoms with Gasteiger partial charge in [0.2, 0.25) is 5.28 Å². The van der Waals surface area contributed by atoms with E-state index in [4.69, 9.17) is 21.8 Å². The van der Waals surface area contributed by atoms with Crippen molar-refractivity contribution < 1.29 is 19.8 Å². The lowest BCUT2D eigenvalue weighted by atomic mass is 9.86. The van der Waals surface area contributed by atoms with Gasteiger partial charge in [-0.3, -0.25) is 24.0 Å². The minimum Gasteiger partial charge on any atom is -0.480 e. The highest BCUT2D eigenvalue weighted by Gasteiger charge is 2.40. The average molecular weight is 329 g/mol. The second-order valence-electron chi connectivity index (χ2n) is 5.03. The fraction of sp³-hybridized carbons (Fsp3) is 0.417. The standard InChI is InChI=1S/C12H13ClN4O5/c1-12(9(19)20,10(21)22)3-2-4-17-5-6-7(16-17)8(18)15-11(13)14-6/h5H,2-4H2,1H3,(H,19,20)(H,21,22)(H,14,15,18). The van der Waals surface area contributed by atoms with Crippen LogP contribution < -0.4 is 5.56 Å². The number of hydrogen-bond donors (Lipinski definition) is 3. The summed E-state index contributed by atoms with van der Waals surface area (Å²) in [6.07, 6.45) is 1.68. The van der Waals surface area contributed by atoms with Gasteiger partial charge in [0.25, 0.3) is 5.56 Å². The number of carboxylic acid groups (broad SMARTS) is 2. The summed E-state index contributed by atoms with van der Waals surface area (Å²) in [7, 11) is 0. The molecular formula is C12H13ClN4O5. The lowest BCUT2D eigenvalue weighted by molar-refractivity contribution is -0.163. The van der Waals surface area contributed by atoms with Crippen molar-refractivity contribution in [2.75, 3.05) is 0 Å². The van der Waals surface area contributed by atoms with Gasteiger partial charge in [-0.25, -0.2) is 4.98 Å². The van der Waals surface area contributed by atoms with Gasteiger partial charge < -0.3 is 10.2 Å². The molecule has 0 spiro atoms. The van der Waals surface area contributed by atoms with E-state index in [0.29, 0.717) is 5.52 Å². The van der Waals surface area contributed by atoms with Gasteiger partial charge in [0.05, 0.1) is 6.20 Å². The zero-order chi connectivity index (χ0) is 16.5. The number of carbonyl (C=O) groups is 2. The Kier molecular flexibility index (Phi) is 4.18. The molecule has 0 aliphatic carbocycles. The minimum absolute atomic E-state index is 0.0543. The zero-order valence-corrected chi connectivity index (χ0v) is 12.3. The van der Waals surface area contributed by atoms with Crippen molar-refractivity contribution in [3.63, 3.8) is 0 Å². The first-order chi connectivity index (χ1) is 10.2. The van der Waals surface area contributed by atoms with Crippen LogP contribution in [0.1, 0.15) is 19.8 Å². The van der Waals surface area contributed by atoms with Gasteiger partial charge in [0, 0.05) is 6.54 Å².